The number of rotatable bonds is 2. The number of nitrogen functional groups attached to an aromatic ring is 1. The molecule has 1 amide bonds. The van der Waals surface area contributed by atoms with Crippen molar-refractivity contribution >= 4 is 5.91 Å². The number of halogens is 5. The predicted octanol–water partition coefficient (Wildman–Crippen LogP) is 0.578. The monoisotopic (exact) mass is 271 g/mol. The molecule has 1 aromatic rings. The minimum absolute atomic E-state index is 0.128. The lowest BCUT2D eigenvalue weighted by Gasteiger charge is -2.18. The topological polar surface area (TPSA) is 82.1 Å². The van der Waals surface area contributed by atoms with Crippen LogP contribution in [0.2, 0.25) is 0 Å². The highest BCUT2D eigenvalue weighted by molar-refractivity contribution is 5.93. The molecule has 0 fully saturated rings. The molecule has 0 aromatic carbocycles. The van der Waals surface area contributed by atoms with E-state index in [0.29, 0.717) is 6.20 Å². The Morgan fingerprint density at radius 2 is 1.89 bits per heavy atom. The number of amides is 1. The van der Waals surface area contributed by atoms with Gasteiger partial charge in [-0.1, -0.05) is 0 Å². The lowest BCUT2D eigenvalue weighted by atomic mass is 10.1. The highest BCUT2D eigenvalue weighted by Crippen LogP contribution is 2.42. The third-order valence-electron chi connectivity index (χ3n) is 1.99. The van der Waals surface area contributed by atoms with Crippen molar-refractivity contribution in [3.05, 3.63) is 34.8 Å². The first-order valence-electron chi connectivity index (χ1n) is 4.30. The summed E-state index contributed by atoms with van der Waals surface area (Å²) in [6.07, 6.45) is -5.59. The van der Waals surface area contributed by atoms with Crippen LogP contribution in [0, 0.1) is 5.21 Å². The van der Waals surface area contributed by atoms with Gasteiger partial charge in [0.25, 0.3) is 11.6 Å². The van der Waals surface area contributed by atoms with E-state index in [1.807, 2.05) is 0 Å². The molecule has 100 valence electrons. The van der Waals surface area contributed by atoms with Crippen molar-refractivity contribution in [3.8, 4) is 0 Å². The highest BCUT2D eigenvalue weighted by Gasteiger charge is 2.63. The Kier molecular flexibility index (Phi) is 3.42. The van der Waals surface area contributed by atoms with Crippen molar-refractivity contribution in [2.75, 3.05) is 0 Å². The van der Waals surface area contributed by atoms with Crippen molar-refractivity contribution in [3.63, 3.8) is 0 Å². The molecule has 0 atom stereocenters. The summed E-state index contributed by atoms with van der Waals surface area (Å²) >= 11 is 0. The van der Waals surface area contributed by atoms with E-state index in [1.54, 1.807) is 5.43 Å². The van der Waals surface area contributed by atoms with Crippen LogP contribution in [0.4, 0.5) is 22.0 Å². The lowest BCUT2D eigenvalue weighted by molar-refractivity contribution is -0.630. The van der Waals surface area contributed by atoms with Crippen LogP contribution in [-0.4, -0.2) is 12.1 Å². The second kappa shape index (κ2) is 4.37. The summed E-state index contributed by atoms with van der Waals surface area (Å²) in [5.41, 5.74) is -0.959. The number of nitrogens with zero attached hydrogens (tertiary/aromatic N) is 1. The highest BCUT2D eigenvalue weighted by atomic mass is 19.4. The van der Waals surface area contributed by atoms with Gasteiger partial charge in [-0.3, -0.25) is 10.2 Å². The van der Waals surface area contributed by atoms with E-state index in [2.05, 4.69) is 0 Å². The molecule has 0 aliphatic rings. The Morgan fingerprint density at radius 3 is 2.33 bits per heavy atom. The summed E-state index contributed by atoms with van der Waals surface area (Å²) in [5, 5.41) is 10.9. The summed E-state index contributed by atoms with van der Waals surface area (Å²) in [4.78, 5) is 11.0. The molecule has 0 spiro atoms. The standard InChI is InChI=1S/C8H6F5N3O2/c9-7(10,8(11,12)13)5-3-4(6(17)15-14)1-2-16(5)18/h1-3H,14H2,(H,15,17). The molecule has 0 radical (unpaired) electrons. The van der Waals surface area contributed by atoms with E-state index < -0.39 is 34.0 Å². The zero-order valence-electron chi connectivity index (χ0n) is 8.46. The van der Waals surface area contributed by atoms with E-state index >= 15 is 0 Å². The Balaban J connectivity index is 3.37. The van der Waals surface area contributed by atoms with Crippen LogP contribution in [0.25, 0.3) is 0 Å². The number of hydrazine groups is 1. The van der Waals surface area contributed by atoms with Crippen molar-refractivity contribution in [2.45, 2.75) is 12.1 Å². The molecule has 18 heavy (non-hydrogen) atoms. The van der Waals surface area contributed by atoms with Crippen molar-refractivity contribution in [1.82, 2.24) is 5.43 Å². The van der Waals surface area contributed by atoms with Crippen LogP contribution in [0.5, 0.6) is 0 Å². The lowest BCUT2D eigenvalue weighted by Crippen LogP contribution is -2.46. The summed E-state index contributed by atoms with van der Waals surface area (Å²) in [5.74, 6) is -1.78. The van der Waals surface area contributed by atoms with Gasteiger partial charge in [0.2, 0.25) is 0 Å². The van der Waals surface area contributed by atoms with Crippen molar-refractivity contribution in [1.29, 1.82) is 0 Å². The van der Waals surface area contributed by atoms with Gasteiger partial charge in [0.15, 0.2) is 6.20 Å². The van der Waals surface area contributed by atoms with Gasteiger partial charge >= 0.3 is 12.1 Å². The minimum atomic E-state index is -5.95. The molecule has 0 saturated carbocycles. The van der Waals surface area contributed by atoms with Gasteiger partial charge in [-0.25, -0.2) is 5.84 Å². The molecule has 1 heterocycles. The first kappa shape index (κ1) is 14.1. The number of alkyl halides is 5. The zero-order valence-corrected chi connectivity index (χ0v) is 8.46. The Labute approximate surface area is 96.6 Å². The second-order valence-corrected chi connectivity index (χ2v) is 3.17. The van der Waals surface area contributed by atoms with Crippen LogP contribution < -0.4 is 16.0 Å². The number of pyridine rings is 1. The number of aromatic nitrogens is 1. The average molecular weight is 271 g/mol. The van der Waals surface area contributed by atoms with Gasteiger partial charge in [-0.15, -0.1) is 0 Å². The molecule has 3 N–H and O–H groups in total. The molecule has 0 bridgehead atoms. The fraction of sp³-hybridized carbons (Fsp3) is 0.250. The van der Waals surface area contributed by atoms with E-state index in [-0.39, 0.29) is 6.07 Å². The van der Waals surface area contributed by atoms with E-state index in [0.717, 1.165) is 6.07 Å². The molecule has 5 nitrogen and oxygen atoms in total. The molecular formula is C8H6F5N3O2. The first-order valence-corrected chi connectivity index (χ1v) is 4.30. The number of nitrogens with two attached hydrogens (primary N) is 1. The molecule has 1 rings (SSSR count). The molecule has 1 aromatic heterocycles. The second-order valence-electron chi connectivity index (χ2n) is 3.17. The molecular weight excluding hydrogens is 265 g/mol. The Morgan fingerprint density at radius 1 is 1.33 bits per heavy atom. The van der Waals surface area contributed by atoms with E-state index in [9.17, 15) is 32.0 Å². The third kappa shape index (κ3) is 2.32. The average Bonchev–Trinajstić information content (AvgIpc) is 2.26. The van der Waals surface area contributed by atoms with Gasteiger partial charge in [0, 0.05) is 12.1 Å². The minimum Gasteiger partial charge on any atom is -0.618 e. The fourth-order valence-corrected chi connectivity index (χ4v) is 1.09. The van der Waals surface area contributed by atoms with Crippen molar-refractivity contribution in [2.24, 2.45) is 5.84 Å². The SMILES string of the molecule is NNC(=O)c1cc[n+]([O-])c(C(F)(F)C(F)(F)F)c1. The zero-order chi connectivity index (χ0) is 14.1. The van der Waals surface area contributed by atoms with E-state index in [4.69, 9.17) is 5.84 Å². The first-order chi connectivity index (χ1) is 8.11. The number of carbonyl (C=O) groups is 1. The molecule has 0 unspecified atom stereocenters. The van der Waals surface area contributed by atoms with Crippen LogP contribution in [0.15, 0.2) is 18.3 Å². The number of hydrogen-bond donors (Lipinski definition) is 2. The van der Waals surface area contributed by atoms with Crippen LogP contribution in [0.3, 0.4) is 0 Å². The van der Waals surface area contributed by atoms with Gasteiger partial charge < -0.3 is 5.21 Å². The van der Waals surface area contributed by atoms with Crippen LogP contribution in [-0.2, 0) is 5.92 Å². The number of hydrogen-bond acceptors (Lipinski definition) is 3. The summed E-state index contributed by atoms with van der Waals surface area (Å²) in [6, 6.07) is 0.883. The maximum absolute atomic E-state index is 13.0. The predicted molar refractivity (Wildman–Crippen MR) is 47.0 cm³/mol. The number of nitrogens with one attached hydrogen (secondary N) is 1. The smallest absolute Gasteiger partial charge is 0.464 e. The normalized spacial score (nSPS) is 12.3. The largest absolute Gasteiger partial charge is 0.618 e. The third-order valence-corrected chi connectivity index (χ3v) is 1.99. The molecule has 0 aliphatic carbocycles. The Bertz CT molecular complexity index is 474. The quantitative estimate of drug-likeness (QED) is 0.206. The van der Waals surface area contributed by atoms with Gasteiger partial charge in [-0.05, 0) is 0 Å². The summed E-state index contributed by atoms with van der Waals surface area (Å²) in [6.45, 7) is 0. The number of carbonyl (C=O) groups excluding carboxylic acids is 1. The fourth-order valence-electron chi connectivity index (χ4n) is 1.09. The van der Waals surface area contributed by atoms with Crippen LogP contribution >= 0.6 is 0 Å². The summed E-state index contributed by atoms with van der Waals surface area (Å²) < 4.78 is 61.5. The van der Waals surface area contributed by atoms with Gasteiger partial charge in [-0.2, -0.15) is 26.7 Å². The van der Waals surface area contributed by atoms with Gasteiger partial charge in [0.1, 0.15) is 0 Å². The molecule has 0 aliphatic heterocycles. The van der Waals surface area contributed by atoms with E-state index in [1.165, 1.54) is 0 Å². The molecule has 10 heteroatoms. The maximum atomic E-state index is 13.0. The molecule has 0 saturated heterocycles. The summed E-state index contributed by atoms with van der Waals surface area (Å²) in [7, 11) is 0. The van der Waals surface area contributed by atoms with Crippen molar-refractivity contribution < 1.29 is 31.5 Å². The van der Waals surface area contributed by atoms with Crippen LogP contribution in [0.1, 0.15) is 16.1 Å². The maximum Gasteiger partial charge on any atom is 0.464 e. The Hall–Kier alpha value is -1.97. The van der Waals surface area contributed by atoms with Gasteiger partial charge in [0.05, 0.1) is 5.56 Å².